The van der Waals surface area contributed by atoms with Gasteiger partial charge in [0.25, 0.3) is 0 Å². The third kappa shape index (κ3) is 16.0. The molecule has 150 heavy (non-hydrogen) atoms. The fourth-order valence-corrected chi connectivity index (χ4v) is 24.2. The standard InChI is InChI=1S/C42H26.C38H30.C36H24.C34H22/c1-3-15-29-27(13-1)25-39(33-19-7-5-17-31(29)33)41-35-21-9-11-23-37(35)42(38-24-12-10-22-36(38)41)40-26-28-14-2-4-16-30(28)32-18-6-8-20-34(32)40;1-38(2,3)31-20-21-34-35(24-31)37(30-19-17-26-11-5-7-13-28(26)23-30)33-15-9-8-14-32(33)36(34)29-18-16-25-10-4-6-12-27(25)22-29;1-2-10-25(11-3-1)27-18-21-28(22-19-27)35-31-14-6-8-16-33(31)36(34-17-9-7-15-32(34)35)30-23-20-26-12-4-5-13-29(26)24-30;1-3-11-25-21-27(19-17-23(25)9-1)33-29-13-5-7-15-31(29)34(32-16-8-6-14-30(32)33)28-20-18-24-10-2-4-12-26(24)22-28/h1-26H;4-24H,1-3H3;1-24H;1-22H. The first-order valence-electron chi connectivity index (χ1n) is 52.3. The Balaban J connectivity index is 0.0000000986. The van der Waals surface area contributed by atoms with Crippen LogP contribution < -0.4 is 0 Å². The molecule has 0 nitrogen and oxygen atoms in total. The Morgan fingerprint density at radius 1 is 0.100 bits per heavy atom. The zero-order valence-electron chi connectivity index (χ0n) is 83.7. The highest BCUT2D eigenvalue weighted by Crippen LogP contribution is 2.53. The van der Waals surface area contributed by atoms with Gasteiger partial charge in [-0.1, -0.05) is 536 Å². The molecule has 0 saturated heterocycles. The molecular weight excluding hydrogens is 1800 g/mol. The molecule has 0 N–H and O–H groups in total. The molecule has 0 aliphatic carbocycles. The van der Waals surface area contributed by atoms with Crippen LogP contribution in [0.15, 0.2) is 564 Å². The van der Waals surface area contributed by atoms with Gasteiger partial charge < -0.3 is 0 Å². The third-order valence-electron chi connectivity index (χ3n) is 31.2. The minimum Gasteiger partial charge on any atom is -0.0622 e. The summed E-state index contributed by atoms with van der Waals surface area (Å²) in [7, 11) is 0. The van der Waals surface area contributed by atoms with Crippen LogP contribution in [0.3, 0.4) is 0 Å². The van der Waals surface area contributed by atoms with Crippen LogP contribution in [0.25, 0.3) is 283 Å². The van der Waals surface area contributed by atoms with Crippen molar-refractivity contribution in [3.05, 3.63) is 570 Å². The molecule has 30 aromatic rings. The Morgan fingerprint density at radius 2 is 0.287 bits per heavy atom. The summed E-state index contributed by atoms with van der Waals surface area (Å²) < 4.78 is 0. The Labute approximate surface area is 872 Å². The van der Waals surface area contributed by atoms with Gasteiger partial charge >= 0.3 is 0 Å². The largest absolute Gasteiger partial charge is 0.0622 e. The molecule has 0 saturated carbocycles. The van der Waals surface area contributed by atoms with Gasteiger partial charge in [0.05, 0.1) is 0 Å². The van der Waals surface area contributed by atoms with Crippen LogP contribution in [0.1, 0.15) is 26.3 Å². The van der Waals surface area contributed by atoms with E-state index in [2.05, 4.69) is 585 Å². The van der Waals surface area contributed by atoms with Crippen molar-refractivity contribution in [1.82, 2.24) is 0 Å². The van der Waals surface area contributed by atoms with Gasteiger partial charge in [0.1, 0.15) is 0 Å². The molecule has 0 bridgehead atoms. The second-order valence-corrected chi connectivity index (χ2v) is 41.0. The molecule has 0 aliphatic heterocycles. The van der Waals surface area contributed by atoms with Crippen LogP contribution >= 0.6 is 0 Å². The topological polar surface area (TPSA) is 0 Å². The molecule has 0 aromatic heterocycles. The van der Waals surface area contributed by atoms with Gasteiger partial charge in [0.2, 0.25) is 0 Å². The molecule has 0 atom stereocenters. The van der Waals surface area contributed by atoms with E-state index in [-0.39, 0.29) is 5.41 Å². The van der Waals surface area contributed by atoms with Gasteiger partial charge in [0.15, 0.2) is 0 Å². The number of hydrogen-bond acceptors (Lipinski definition) is 0. The fourth-order valence-electron chi connectivity index (χ4n) is 24.2. The molecular formula is C150H102. The summed E-state index contributed by atoms with van der Waals surface area (Å²) in [5, 5.41) is 43.6. The zero-order chi connectivity index (χ0) is 99.9. The van der Waals surface area contributed by atoms with Crippen LogP contribution in [0.5, 0.6) is 0 Å². The van der Waals surface area contributed by atoms with Crippen molar-refractivity contribution in [1.29, 1.82) is 0 Å². The van der Waals surface area contributed by atoms with Gasteiger partial charge in [-0.3, -0.25) is 0 Å². The number of hydrogen-bond donors (Lipinski definition) is 0. The van der Waals surface area contributed by atoms with E-state index >= 15 is 0 Å². The first-order valence-corrected chi connectivity index (χ1v) is 52.3. The Kier molecular flexibility index (Phi) is 22.7. The van der Waals surface area contributed by atoms with Gasteiger partial charge in [0, 0.05) is 0 Å². The van der Waals surface area contributed by atoms with E-state index in [1.807, 2.05) is 0 Å². The van der Waals surface area contributed by atoms with Gasteiger partial charge in [-0.2, -0.15) is 0 Å². The highest BCUT2D eigenvalue weighted by Gasteiger charge is 2.27. The van der Waals surface area contributed by atoms with Crippen molar-refractivity contribution < 1.29 is 0 Å². The summed E-state index contributed by atoms with van der Waals surface area (Å²) in [4.78, 5) is 0. The number of rotatable bonds is 9. The van der Waals surface area contributed by atoms with Crippen molar-refractivity contribution >= 4 is 183 Å². The van der Waals surface area contributed by atoms with E-state index < -0.39 is 0 Å². The molecule has 0 fully saturated rings. The van der Waals surface area contributed by atoms with Gasteiger partial charge in [-0.25, -0.2) is 0 Å². The summed E-state index contributed by atoms with van der Waals surface area (Å²) in [6.07, 6.45) is 0. The fraction of sp³-hybridized carbons (Fsp3) is 0.0267. The highest BCUT2D eigenvalue weighted by molar-refractivity contribution is 6.31. The predicted octanol–water partition coefficient (Wildman–Crippen LogP) is 42.7. The van der Waals surface area contributed by atoms with Crippen LogP contribution in [0.2, 0.25) is 0 Å². The quantitative estimate of drug-likeness (QED) is 0.0998. The lowest BCUT2D eigenvalue weighted by atomic mass is 9.81. The van der Waals surface area contributed by atoms with E-state index in [0.29, 0.717) is 0 Å². The maximum atomic E-state index is 2.44. The third-order valence-corrected chi connectivity index (χ3v) is 31.2. The van der Waals surface area contributed by atoms with Crippen LogP contribution in [-0.2, 0) is 5.41 Å². The molecule has 0 heteroatoms. The van der Waals surface area contributed by atoms with Crippen molar-refractivity contribution in [2.75, 3.05) is 0 Å². The van der Waals surface area contributed by atoms with Crippen LogP contribution in [0, 0.1) is 0 Å². The van der Waals surface area contributed by atoms with Crippen LogP contribution in [0.4, 0.5) is 0 Å². The average Bonchev–Trinajstić information content (AvgIpc) is 0.761. The minimum atomic E-state index is 0.0591. The van der Waals surface area contributed by atoms with Crippen molar-refractivity contribution in [2.45, 2.75) is 26.2 Å². The lowest BCUT2D eigenvalue weighted by Crippen LogP contribution is -2.10. The maximum absolute atomic E-state index is 2.44. The zero-order valence-corrected chi connectivity index (χ0v) is 83.7. The van der Waals surface area contributed by atoms with Gasteiger partial charge in [-0.05, 0) is 343 Å². The first kappa shape index (κ1) is 89.8. The van der Waals surface area contributed by atoms with E-state index in [1.165, 1.54) is 289 Å². The molecule has 0 spiro atoms. The molecule has 0 unspecified atom stereocenters. The molecule has 0 radical (unpaired) electrons. The Hall–Kier alpha value is -19.0. The normalized spacial score (nSPS) is 11.7. The summed E-state index contributed by atoms with van der Waals surface area (Å²) >= 11 is 0. The predicted molar refractivity (Wildman–Crippen MR) is 651 cm³/mol. The SMILES string of the molecule is CC(C)(C)c1ccc2c(-c3ccc4ccccc4c3)c3ccccc3c(-c3ccc4ccccc4c3)c2c1.c1ccc(-c2ccc(-c3c4ccccc4c(-c4ccc5ccccc5c4)c4ccccc34)cc2)cc1.c1ccc2c(c1)cc(-c1c3ccccc3c(-c3cc4ccccc4c4ccccc34)c3ccccc13)c1ccccc12.c1ccc2cc(-c3c4ccccc4c(-c4ccc5ccccc5c4)c4ccccc34)ccc2c1. The molecule has 702 valence electrons. The molecule has 0 aliphatic rings. The average molecular weight is 1900 g/mol. The van der Waals surface area contributed by atoms with E-state index in [9.17, 15) is 0 Å². The van der Waals surface area contributed by atoms with E-state index in [1.54, 1.807) is 0 Å². The van der Waals surface area contributed by atoms with E-state index in [4.69, 9.17) is 0 Å². The van der Waals surface area contributed by atoms with Crippen LogP contribution in [-0.4, -0.2) is 0 Å². The summed E-state index contributed by atoms with van der Waals surface area (Å²) in [5.74, 6) is 0. The molecule has 30 aromatic carbocycles. The Morgan fingerprint density at radius 3 is 0.560 bits per heavy atom. The first-order chi connectivity index (χ1) is 74.1. The second-order valence-electron chi connectivity index (χ2n) is 41.0. The smallest absolute Gasteiger partial charge is 0.00199 e. The highest BCUT2D eigenvalue weighted by atomic mass is 14.3. The monoisotopic (exact) mass is 1900 g/mol. The minimum absolute atomic E-state index is 0.0591. The second kappa shape index (κ2) is 37.9. The molecule has 0 amide bonds. The number of fused-ring (bicyclic) bond motifs is 19. The molecule has 30 rings (SSSR count). The maximum Gasteiger partial charge on any atom is -0.00199 e. The Bertz CT molecular complexity index is 10200. The van der Waals surface area contributed by atoms with Crippen molar-refractivity contribution in [3.8, 4) is 100 Å². The van der Waals surface area contributed by atoms with E-state index in [0.717, 1.165) is 0 Å². The lowest BCUT2D eigenvalue weighted by Gasteiger charge is -2.23. The summed E-state index contributed by atoms with van der Waals surface area (Å²) in [6.45, 7) is 6.90. The van der Waals surface area contributed by atoms with Crippen molar-refractivity contribution in [2.24, 2.45) is 0 Å². The van der Waals surface area contributed by atoms with Crippen molar-refractivity contribution in [3.63, 3.8) is 0 Å². The summed E-state index contributed by atoms with van der Waals surface area (Å²) in [5.41, 5.74) is 24.5. The molecule has 0 heterocycles. The summed E-state index contributed by atoms with van der Waals surface area (Å²) in [6, 6.07) is 207. The lowest BCUT2D eigenvalue weighted by molar-refractivity contribution is 0.591. The number of benzene rings is 30. The van der Waals surface area contributed by atoms with Gasteiger partial charge in [-0.15, -0.1) is 0 Å².